The standard InChI is InChI=1S/C11H6N6/c1-2-12-11-7(1)9-8(5-13-11)16-10(17-9)6-3-14-15-4-6/h1-5H,(H,14,15). The van der Waals surface area contributed by atoms with Gasteiger partial charge in [0.15, 0.2) is 11.3 Å². The summed E-state index contributed by atoms with van der Waals surface area (Å²) in [6, 6.07) is 0. The number of aliphatic imine (C=N–C) groups is 1. The molecule has 2 aromatic rings. The summed E-state index contributed by atoms with van der Waals surface area (Å²) in [7, 11) is 0. The van der Waals surface area contributed by atoms with Crippen LogP contribution in [0.5, 0.6) is 0 Å². The largest absolute Gasteiger partial charge is 0.285 e. The van der Waals surface area contributed by atoms with Gasteiger partial charge in [0.05, 0.1) is 18.0 Å². The monoisotopic (exact) mass is 222 g/mol. The van der Waals surface area contributed by atoms with E-state index in [2.05, 4.69) is 30.2 Å². The fourth-order valence-corrected chi connectivity index (χ4v) is 1.88. The van der Waals surface area contributed by atoms with Crippen molar-refractivity contribution in [3.05, 3.63) is 46.8 Å². The molecule has 0 unspecified atom stereocenters. The first-order valence-electron chi connectivity index (χ1n) is 5.12. The van der Waals surface area contributed by atoms with E-state index in [1.54, 1.807) is 24.8 Å². The average molecular weight is 222 g/mol. The molecule has 0 amide bonds. The molecule has 17 heavy (non-hydrogen) atoms. The Morgan fingerprint density at radius 3 is 3.00 bits per heavy atom. The number of pyridine rings is 1. The number of amidine groups is 1. The van der Waals surface area contributed by atoms with E-state index >= 15 is 0 Å². The topological polar surface area (TPSA) is 78.6 Å². The van der Waals surface area contributed by atoms with Crippen LogP contribution in [0.2, 0.25) is 0 Å². The molecule has 0 fully saturated rings. The molecule has 0 saturated heterocycles. The average Bonchev–Trinajstić information content (AvgIpc) is 3.08. The fraction of sp³-hybridized carbons (Fsp3) is 0. The number of fused-ring (bicyclic) bond motifs is 3. The van der Waals surface area contributed by atoms with Crippen LogP contribution in [0.3, 0.4) is 0 Å². The Bertz CT molecular complexity index is 782. The van der Waals surface area contributed by atoms with Crippen LogP contribution in [0.4, 0.5) is 5.69 Å². The maximum Gasteiger partial charge on any atom is 0.163 e. The summed E-state index contributed by atoms with van der Waals surface area (Å²) in [4.78, 5) is 17.3. The number of hydrogen-bond donors (Lipinski definition) is 1. The summed E-state index contributed by atoms with van der Waals surface area (Å²) >= 11 is 0. The van der Waals surface area contributed by atoms with Crippen LogP contribution in [0.25, 0.3) is 6.08 Å². The second-order valence-corrected chi connectivity index (χ2v) is 3.71. The van der Waals surface area contributed by atoms with Gasteiger partial charge in [-0.2, -0.15) is 5.10 Å². The molecule has 80 valence electrons. The van der Waals surface area contributed by atoms with Crippen molar-refractivity contribution in [2.24, 2.45) is 15.0 Å². The number of rotatable bonds is 1. The van der Waals surface area contributed by atoms with Crippen molar-refractivity contribution in [2.75, 3.05) is 0 Å². The number of H-pyrrole nitrogens is 1. The van der Waals surface area contributed by atoms with Gasteiger partial charge in [0.25, 0.3) is 0 Å². The Kier molecular flexibility index (Phi) is 1.47. The molecule has 1 N–H and O–H groups in total. The Morgan fingerprint density at radius 2 is 2.12 bits per heavy atom. The van der Waals surface area contributed by atoms with Crippen molar-refractivity contribution in [1.82, 2.24) is 15.2 Å². The number of aromatic amines is 1. The van der Waals surface area contributed by atoms with Crippen LogP contribution in [0.1, 0.15) is 11.1 Å². The fourth-order valence-electron chi connectivity index (χ4n) is 1.88. The van der Waals surface area contributed by atoms with Crippen LogP contribution < -0.4 is 10.8 Å². The maximum atomic E-state index is 4.50. The van der Waals surface area contributed by atoms with Crippen LogP contribution in [-0.2, 0) is 0 Å². The Balaban J connectivity index is 1.99. The third kappa shape index (κ3) is 1.12. The molecule has 6 heteroatoms. The Labute approximate surface area is 95.2 Å². The first-order valence-corrected chi connectivity index (χ1v) is 5.12. The summed E-state index contributed by atoms with van der Waals surface area (Å²) < 4.78 is 0. The zero-order valence-electron chi connectivity index (χ0n) is 8.62. The van der Waals surface area contributed by atoms with E-state index in [0.29, 0.717) is 11.3 Å². The first kappa shape index (κ1) is 8.51. The van der Waals surface area contributed by atoms with Gasteiger partial charge in [0.2, 0.25) is 0 Å². The lowest BCUT2D eigenvalue weighted by atomic mass is 10.2. The molecule has 0 radical (unpaired) electrons. The van der Waals surface area contributed by atoms with Crippen molar-refractivity contribution in [3.63, 3.8) is 0 Å². The van der Waals surface area contributed by atoms with Crippen molar-refractivity contribution in [3.8, 4) is 0 Å². The van der Waals surface area contributed by atoms with Crippen molar-refractivity contribution in [1.29, 1.82) is 0 Å². The van der Waals surface area contributed by atoms with Crippen LogP contribution in [-0.4, -0.2) is 21.0 Å². The molecule has 0 bridgehead atoms. The highest BCUT2D eigenvalue weighted by atomic mass is 15.1. The Morgan fingerprint density at radius 1 is 1.12 bits per heavy atom. The molecule has 4 heterocycles. The highest BCUT2D eigenvalue weighted by molar-refractivity contribution is 6.02. The summed E-state index contributed by atoms with van der Waals surface area (Å²) in [6.45, 7) is 0. The van der Waals surface area contributed by atoms with Gasteiger partial charge in [-0.1, -0.05) is 0 Å². The third-order valence-electron chi connectivity index (χ3n) is 2.69. The minimum Gasteiger partial charge on any atom is -0.285 e. The zero-order chi connectivity index (χ0) is 11.2. The maximum absolute atomic E-state index is 4.50. The molecule has 0 aromatic carbocycles. The van der Waals surface area contributed by atoms with E-state index in [1.807, 2.05) is 6.08 Å². The molecule has 2 aliphatic rings. The summed E-state index contributed by atoms with van der Waals surface area (Å²) in [6.07, 6.45) is 8.78. The smallest absolute Gasteiger partial charge is 0.163 e. The minimum absolute atomic E-state index is 0.657. The first-order chi connectivity index (χ1) is 8.42. The molecule has 6 nitrogen and oxygen atoms in total. The van der Waals surface area contributed by atoms with Gasteiger partial charge in [-0.3, -0.25) is 5.10 Å². The minimum atomic E-state index is 0.657. The van der Waals surface area contributed by atoms with E-state index in [9.17, 15) is 0 Å². The molecule has 0 atom stereocenters. The summed E-state index contributed by atoms with van der Waals surface area (Å²) in [5.41, 5.74) is 3.35. The van der Waals surface area contributed by atoms with Gasteiger partial charge in [-0.05, 0) is 6.08 Å². The third-order valence-corrected chi connectivity index (χ3v) is 2.69. The van der Waals surface area contributed by atoms with Crippen molar-refractivity contribution >= 4 is 17.6 Å². The summed E-state index contributed by atoms with van der Waals surface area (Å²) in [5.74, 6) is 0.657. The van der Waals surface area contributed by atoms with Gasteiger partial charge >= 0.3 is 0 Å². The van der Waals surface area contributed by atoms with E-state index in [0.717, 1.165) is 22.2 Å². The molecular weight excluding hydrogens is 216 g/mol. The quantitative estimate of drug-likeness (QED) is 0.743. The highest BCUT2D eigenvalue weighted by Crippen LogP contribution is 2.19. The van der Waals surface area contributed by atoms with Crippen molar-refractivity contribution < 1.29 is 0 Å². The lowest BCUT2D eigenvalue weighted by Gasteiger charge is -1.93. The molecule has 2 aliphatic heterocycles. The molecule has 2 aromatic heterocycles. The molecule has 0 aliphatic carbocycles. The van der Waals surface area contributed by atoms with Gasteiger partial charge in [-0.25, -0.2) is 20.0 Å². The van der Waals surface area contributed by atoms with E-state index in [1.165, 1.54) is 0 Å². The molecule has 0 spiro atoms. The van der Waals surface area contributed by atoms with Crippen LogP contribution in [0, 0.1) is 0 Å². The summed E-state index contributed by atoms with van der Waals surface area (Å²) in [5, 5.41) is 7.41. The van der Waals surface area contributed by atoms with Gasteiger partial charge in [-0.15, -0.1) is 0 Å². The lowest BCUT2D eigenvalue weighted by Crippen LogP contribution is -2.15. The molecule has 0 saturated carbocycles. The second-order valence-electron chi connectivity index (χ2n) is 3.71. The van der Waals surface area contributed by atoms with E-state index < -0.39 is 0 Å². The van der Waals surface area contributed by atoms with E-state index in [-0.39, 0.29) is 0 Å². The Hall–Kier alpha value is -2.63. The number of hydrogen-bond acceptors (Lipinski definition) is 5. The predicted molar refractivity (Wildman–Crippen MR) is 60.4 cm³/mol. The number of aromatic nitrogens is 3. The zero-order valence-corrected chi connectivity index (χ0v) is 8.62. The van der Waals surface area contributed by atoms with Crippen LogP contribution in [0.15, 0.2) is 39.8 Å². The van der Waals surface area contributed by atoms with Gasteiger partial charge in [0.1, 0.15) is 11.0 Å². The van der Waals surface area contributed by atoms with Gasteiger partial charge in [0, 0.05) is 18.0 Å². The predicted octanol–water partition coefficient (Wildman–Crippen LogP) is 0.120. The highest BCUT2D eigenvalue weighted by Gasteiger charge is 2.16. The normalized spacial score (nSPS) is 14.9. The number of nitrogens with zero attached hydrogens (tertiary/aromatic N) is 5. The molecular formula is C11H6N6. The van der Waals surface area contributed by atoms with E-state index in [4.69, 9.17) is 0 Å². The van der Waals surface area contributed by atoms with Crippen molar-refractivity contribution in [2.45, 2.75) is 0 Å². The SMILES string of the molecule is C1=Cc2c3c(cnc2=N1)=NC(c1cn[nH]c1)=N3. The van der Waals surface area contributed by atoms with Crippen LogP contribution >= 0.6 is 0 Å². The van der Waals surface area contributed by atoms with Gasteiger partial charge < -0.3 is 0 Å². The molecule has 4 rings (SSSR count). The second kappa shape index (κ2) is 2.94. The lowest BCUT2D eigenvalue weighted by molar-refractivity contribution is 1.09. The number of nitrogens with one attached hydrogen (secondary N) is 1.